The van der Waals surface area contributed by atoms with Gasteiger partial charge >= 0.3 is 0 Å². The molecule has 1 aromatic rings. The van der Waals surface area contributed by atoms with Crippen LogP contribution in [0.4, 0.5) is 8.78 Å². The predicted molar refractivity (Wildman–Crippen MR) is 79.5 cm³/mol. The van der Waals surface area contributed by atoms with Crippen molar-refractivity contribution in [2.75, 3.05) is 13.1 Å². The van der Waals surface area contributed by atoms with Crippen LogP contribution in [0.5, 0.6) is 0 Å². The fourth-order valence-electron chi connectivity index (χ4n) is 2.43. The molecule has 2 atom stereocenters. The van der Waals surface area contributed by atoms with Gasteiger partial charge in [-0.25, -0.2) is 17.2 Å². The van der Waals surface area contributed by atoms with Gasteiger partial charge in [-0.3, -0.25) is 0 Å². The maximum absolute atomic E-state index is 14.2. The lowest BCUT2D eigenvalue weighted by Gasteiger charge is -2.33. The first kappa shape index (κ1) is 16.7. The maximum atomic E-state index is 14.2. The van der Waals surface area contributed by atoms with Crippen molar-refractivity contribution in [3.63, 3.8) is 0 Å². The van der Waals surface area contributed by atoms with Crippen LogP contribution in [0.2, 0.25) is 0 Å². The van der Waals surface area contributed by atoms with E-state index in [4.69, 9.17) is 5.73 Å². The van der Waals surface area contributed by atoms with Crippen LogP contribution in [-0.2, 0) is 16.6 Å². The molecule has 1 saturated heterocycles. The van der Waals surface area contributed by atoms with Gasteiger partial charge in [0.05, 0.1) is 0 Å². The Morgan fingerprint density at radius 2 is 1.86 bits per heavy atom. The molecule has 1 aliphatic rings. The normalized spacial score (nSPS) is 24.2. The molecule has 2 rings (SSSR count). The summed E-state index contributed by atoms with van der Waals surface area (Å²) in [6, 6.07) is 1.92. The lowest BCUT2D eigenvalue weighted by atomic mass is 10.2. The Morgan fingerprint density at radius 3 is 2.38 bits per heavy atom. The average Bonchev–Trinajstić information content (AvgIpc) is 2.37. The molecule has 0 saturated carbocycles. The molecule has 1 aliphatic heterocycles. The Morgan fingerprint density at radius 1 is 1.29 bits per heavy atom. The molecule has 0 aliphatic carbocycles. The zero-order chi connectivity index (χ0) is 15.8. The van der Waals surface area contributed by atoms with Gasteiger partial charge in [0.15, 0.2) is 5.82 Å². The molecular weight excluding hydrogens is 318 g/mol. The molecule has 2 unspecified atom stereocenters. The molecule has 4 nitrogen and oxygen atoms in total. The van der Waals surface area contributed by atoms with E-state index in [2.05, 4.69) is 0 Å². The predicted octanol–water partition coefficient (Wildman–Crippen LogP) is 1.94. The first-order chi connectivity index (χ1) is 9.77. The minimum Gasteiger partial charge on any atom is -0.326 e. The molecule has 1 aromatic carbocycles. The topological polar surface area (TPSA) is 63.4 Å². The largest absolute Gasteiger partial charge is 0.326 e. The monoisotopic (exact) mass is 336 g/mol. The van der Waals surface area contributed by atoms with Crippen LogP contribution >= 0.6 is 11.8 Å². The van der Waals surface area contributed by atoms with Crippen molar-refractivity contribution in [1.29, 1.82) is 0 Å². The number of nitrogens with zero attached hydrogens (tertiary/aromatic N) is 1. The van der Waals surface area contributed by atoms with Crippen molar-refractivity contribution < 1.29 is 17.2 Å². The molecular formula is C13H18F2N2O2S2. The van der Waals surface area contributed by atoms with Gasteiger partial charge in [0, 0.05) is 35.7 Å². The number of halogens is 2. The highest BCUT2D eigenvalue weighted by Gasteiger charge is 2.34. The first-order valence-electron chi connectivity index (χ1n) is 6.60. The number of hydrogen-bond donors (Lipinski definition) is 1. The van der Waals surface area contributed by atoms with Crippen molar-refractivity contribution in [2.24, 2.45) is 5.73 Å². The summed E-state index contributed by atoms with van der Waals surface area (Å²) in [5, 5.41) is 0.252. The third kappa shape index (κ3) is 3.23. The van der Waals surface area contributed by atoms with Gasteiger partial charge in [0.1, 0.15) is 10.7 Å². The molecule has 21 heavy (non-hydrogen) atoms. The Hall–Kier alpha value is -0.700. The minimum atomic E-state index is -3.99. The lowest BCUT2D eigenvalue weighted by Crippen LogP contribution is -2.44. The van der Waals surface area contributed by atoms with Gasteiger partial charge in [-0.05, 0) is 12.1 Å². The lowest BCUT2D eigenvalue weighted by molar-refractivity contribution is 0.400. The summed E-state index contributed by atoms with van der Waals surface area (Å²) in [7, 11) is -3.99. The van der Waals surface area contributed by atoms with Crippen LogP contribution in [-0.4, -0.2) is 36.3 Å². The molecule has 1 heterocycles. The molecule has 0 radical (unpaired) electrons. The van der Waals surface area contributed by atoms with Crippen LogP contribution in [0.15, 0.2) is 17.0 Å². The third-order valence-corrected chi connectivity index (χ3v) is 6.44. The van der Waals surface area contributed by atoms with Crippen molar-refractivity contribution in [1.82, 2.24) is 4.31 Å². The zero-order valence-corrected chi connectivity index (χ0v) is 13.5. The highest BCUT2D eigenvalue weighted by Crippen LogP contribution is 2.30. The Labute approximate surface area is 127 Å². The smallest absolute Gasteiger partial charge is 0.246 e. The highest BCUT2D eigenvalue weighted by atomic mass is 32.2. The summed E-state index contributed by atoms with van der Waals surface area (Å²) in [5.74, 6) is -1.92. The van der Waals surface area contributed by atoms with Crippen LogP contribution in [0, 0.1) is 11.6 Å². The Balaban J connectivity index is 2.45. The van der Waals surface area contributed by atoms with Crippen molar-refractivity contribution in [3.8, 4) is 0 Å². The van der Waals surface area contributed by atoms with E-state index in [1.165, 1.54) is 4.31 Å². The number of benzene rings is 1. The summed E-state index contributed by atoms with van der Waals surface area (Å²) in [5.41, 5.74) is 4.89. The Kier molecular flexibility index (Phi) is 4.92. The summed E-state index contributed by atoms with van der Waals surface area (Å²) in [4.78, 5) is -0.504. The maximum Gasteiger partial charge on any atom is 0.246 e. The molecule has 0 bridgehead atoms. The van der Waals surface area contributed by atoms with Gasteiger partial charge in [0.2, 0.25) is 10.0 Å². The fraction of sp³-hybridized carbons (Fsp3) is 0.538. The molecule has 8 heteroatoms. The summed E-state index contributed by atoms with van der Waals surface area (Å²) in [6.07, 6.45) is 0. The quantitative estimate of drug-likeness (QED) is 0.916. The number of nitrogens with two attached hydrogens (primary N) is 1. The van der Waals surface area contributed by atoms with E-state index in [1.807, 2.05) is 13.8 Å². The standard InChI is InChI=1S/C13H18F2N2O2S2/c1-8-6-17(7-9(2)20-8)21(18,19)12-4-3-11(14)10(5-16)13(12)15/h3-4,8-9H,5-7,16H2,1-2H3. The van der Waals surface area contributed by atoms with Crippen LogP contribution in [0.25, 0.3) is 0 Å². The average molecular weight is 336 g/mol. The SMILES string of the molecule is CC1CN(S(=O)(=O)c2ccc(F)c(CN)c2F)CC(C)S1. The third-order valence-electron chi connectivity index (χ3n) is 3.36. The van der Waals surface area contributed by atoms with Gasteiger partial charge in [-0.2, -0.15) is 16.1 Å². The van der Waals surface area contributed by atoms with Gasteiger partial charge in [-0.1, -0.05) is 13.8 Å². The highest BCUT2D eigenvalue weighted by molar-refractivity contribution is 8.00. The van der Waals surface area contributed by atoms with Crippen LogP contribution in [0.1, 0.15) is 19.4 Å². The first-order valence-corrected chi connectivity index (χ1v) is 8.98. The van der Waals surface area contributed by atoms with Crippen LogP contribution < -0.4 is 5.73 Å². The number of hydrogen-bond acceptors (Lipinski definition) is 4. The van der Waals surface area contributed by atoms with E-state index in [-0.39, 0.29) is 17.0 Å². The van der Waals surface area contributed by atoms with E-state index in [1.54, 1.807) is 11.8 Å². The second-order valence-corrected chi connectivity index (χ2v) is 8.91. The van der Waals surface area contributed by atoms with E-state index < -0.39 is 32.1 Å². The molecule has 2 N–H and O–H groups in total. The molecule has 0 amide bonds. The van der Waals surface area contributed by atoms with Gasteiger partial charge in [0.25, 0.3) is 0 Å². The number of thioether (sulfide) groups is 1. The Bertz CT molecular complexity index is 627. The second-order valence-electron chi connectivity index (χ2n) is 5.12. The summed E-state index contributed by atoms with van der Waals surface area (Å²) in [6.45, 7) is 4.09. The number of rotatable bonds is 3. The van der Waals surface area contributed by atoms with Gasteiger partial charge in [-0.15, -0.1) is 0 Å². The minimum absolute atomic E-state index is 0.126. The second kappa shape index (κ2) is 6.20. The van der Waals surface area contributed by atoms with Crippen molar-refractivity contribution in [3.05, 3.63) is 29.3 Å². The van der Waals surface area contributed by atoms with E-state index in [0.29, 0.717) is 13.1 Å². The van der Waals surface area contributed by atoms with Gasteiger partial charge < -0.3 is 5.73 Å². The van der Waals surface area contributed by atoms with E-state index in [0.717, 1.165) is 12.1 Å². The number of sulfonamides is 1. The summed E-state index contributed by atoms with van der Waals surface area (Å²) >= 11 is 1.69. The zero-order valence-electron chi connectivity index (χ0n) is 11.8. The molecule has 0 aromatic heterocycles. The van der Waals surface area contributed by atoms with E-state index in [9.17, 15) is 17.2 Å². The van der Waals surface area contributed by atoms with Crippen molar-refractivity contribution in [2.45, 2.75) is 35.8 Å². The van der Waals surface area contributed by atoms with E-state index >= 15 is 0 Å². The fourth-order valence-corrected chi connectivity index (χ4v) is 5.65. The molecule has 118 valence electrons. The van der Waals surface area contributed by atoms with Crippen LogP contribution in [0.3, 0.4) is 0 Å². The molecule has 1 fully saturated rings. The summed E-state index contributed by atoms with van der Waals surface area (Å²) < 4.78 is 54.1. The van der Waals surface area contributed by atoms with Crippen molar-refractivity contribution >= 4 is 21.8 Å². The molecule has 0 spiro atoms.